The van der Waals surface area contributed by atoms with Gasteiger partial charge in [-0.25, -0.2) is 0 Å². The van der Waals surface area contributed by atoms with E-state index in [-0.39, 0.29) is 39.8 Å². The van der Waals surface area contributed by atoms with Crippen molar-refractivity contribution in [1.82, 2.24) is 4.90 Å². The topological polar surface area (TPSA) is 60.8 Å². The Kier molecular flexibility index (Phi) is 37.1. The Morgan fingerprint density at radius 2 is 1.25 bits per heavy atom. The van der Waals surface area contributed by atoms with E-state index in [1.807, 2.05) is 24.8 Å². The first-order valence-electron chi connectivity index (χ1n) is 12.5. The van der Waals surface area contributed by atoms with Crippen LogP contribution in [-0.4, -0.2) is 46.3 Å². The van der Waals surface area contributed by atoms with Crippen LogP contribution in [0.1, 0.15) is 120 Å². The Morgan fingerprint density at radius 3 is 1.66 bits per heavy atom. The van der Waals surface area contributed by atoms with E-state index in [0.717, 1.165) is 37.9 Å². The second-order valence-electron chi connectivity index (χ2n) is 8.28. The zero-order valence-corrected chi connectivity index (χ0v) is 24.0. The number of hydrogen-bond donors (Lipinski definition) is 2. The molecule has 0 atom stereocenters. The minimum atomic E-state index is -0.167. The Morgan fingerprint density at radius 1 is 0.812 bits per heavy atom. The van der Waals surface area contributed by atoms with E-state index in [0.29, 0.717) is 0 Å². The zero-order valence-electron chi connectivity index (χ0n) is 22.5. The number of aliphatic hydroxyl groups excluding tert-OH is 2. The predicted molar refractivity (Wildman–Crippen MR) is 135 cm³/mol. The van der Waals surface area contributed by atoms with Gasteiger partial charge in [0.2, 0.25) is 0 Å². The molecule has 2 N–H and O–H groups in total. The van der Waals surface area contributed by atoms with Crippen LogP contribution >= 0.6 is 0 Å². The van der Waals surface area contributed by atoms with Crippen molar-refractivity contribution in [3.63, 3.8) is 0 Å². The van der Waals surface area contributed by atoms with Crippen molar-refractivity contribution < 1.29 is 36.7 Å². The van der Waals surface area contributed by atoms with Gasteiger partial charge in [-0.3, -0.25) is 10.9 Å². The molecular weight excluding hydrogens is 434 g/mol. The summed E-state index contributed by atoms with van der Waals surface area (Å²) in [5.41, 5.74) is 1.02. The summed E-state index contributed by atoms with van der Waals surface area (Å²) in [5.74, 6) is 0.0181. The number of allylic oxidation sites excluding steroid dienone is 3. The minimum absolute atomic E-state index is 0. The van der Waals surface area contributed by atoms with Gasteiger partial charge in [0.05, 0.1) is 0 Å². The fraction of sp³-hybridized carbons (Fsp3) is 0.815. The fourth-order valence-corrected chi connectivity index (χ4v) is 2.49. The van der Waals surface area contributed by atoms with E-state index in [1.165, 1.54) is 44.9 Å². The summed E-state index contributed by atoms with van der Waals surface area (Å²) in [7, 11) is 0. The first kappa shape index (κ1) is 38.8. The van der Waals surface area contributed by atoms with Gasteiger partial charge in [-0.1, -0.05) is 65.2 Å². The molecule has 4 nitrogen and oxygen atoms in total. The molecule has 0 aromatic rings. The van der Waals surface area contributed by atoms with Crippen LogP contribution in [0.2, 0.25) is 0 Å². The maximum Gasteiger partial charge on any atom is 2.00 e. The number of carbonyl (C=O) groups excluding carboxylic acids is 1. The summed E-state index contributed by atoms with van der Waals surface area (Å²) in [5, 5.41) is 16.1. The average Bonchev–Trinajstić information content (AvgIpc) is 2.67. The maximum atomic E-state index is 12.2. The molecule has 0 radical (unpaired) electrons. The molecule has 0 spiro atoms. The van der Waals surface area contributed by atoms with Crippen molar-refractivity contribution in [2.75, 3.05) is 13.1 Å². The molecule has 0 aromatic heterocycles. The Labute approximate surface area is 215 Å². The van der Waals surface area contributed by atoms with Crippen LogP contribution in [0.5, 0.6) is 0 Å². The molecule has 188 valence electrons. The zero-order chi connectivity index (χ0) is 24.5. The SMILES string of the molecule is CC(C)O.CC(C)O.CCCCCC[C-]=CC(=[C-]C(=O)N(CC)CC)CCCCCC.[Ti+2]. The molecule has 0 rings (SSSR count). The summed E-state index contributed by atoms with van der Waals surface area (Å²) in [4.78, 5) is 14.0. The van der Waals surface area contributed by atoms with Crippen molar-refractivity contribution >= 4 is 5.91 Å². The van der Waals surface area contributed by atoms with Crippen molar-refractivity contribution in [2.45, 2.75) is 132 Å². The average molecular weight is 488 g/mol. The maximum absolute atomic E-state index is 12.2. The van der Waals surface area contributed by atoms with Gasteiger partial charge in [-0.2, -0.15) is 0 Å². The van der Waals surface area contributed by atoms with Crippen LogP contribution in [0, 0.1) is 12.2 Å². The van der Waals surface area contributed by atoms with Crippen LogP contribution in [0.15, 0.2) is 11.6 Å². The molecule has 0 aliphatic carbocycles. The van der Waals surface area contributed by atoms with Crippen LogP contribution in [0.4, 0.5) is 0 Å². The van der Waals surface area contributed by atoms with E-state index >= 15 is 0 Å². The second-order valence-corrected chi connectivity index (χ2v) is 8.28. The van der Waals surface area contributed by atoms with Gasteiger partial charge < -0.3 is 32.8 Å². The molecule has 0 bridgehead atoms. The van der Waals surface area contributed by atoms with E-state index < -0.39 is 0 Å². The molecule has 0 fully saturated rings. The summed E-state index contributed by atoms with van der Waals surface area (Å²) in [6, 6.07) is 0. The summed E-state index contributed by atoms with van der Waals surface area (Å²) >= 11 is 0. The first-order valence-corrected chi connectivity index (χ1v) is 12.5. The van der Waals surface area contributed by atoms with E-state index in [2.05, 4.69) is 26.0 Å². The standard InChI is InChI=1S/C21H37NO.2C3H8O.Ti/c1-5-9-11-13-14-16-18-20(17-15-12-10-6-2)19-21(23)22(7-3)8-4;2*1-3(2)4;/h18H,5-15,17H2,1-4H3;2*3-4H,1-2H3;/q-2;;;+2. The smallest absolute Gasteiger partial charge is 0.394 e. The Balaban J connectivity index is -0.000000372. The largest absolute Gasteiger partial charge is 2.00 e. The van der Waals surface area contributed by atoms with Gasteiger partial charge >= 0.3 is 21.7 Å². The van der Waals surface area contributed by atoms with Crippen LogP contribution in [-0.2, 0) is 26.5 Å². The Hall–Kier alpha value is -0.416. The van der Waals surface area contributed by atoms with Crippen LogP contribution < -0.4 is 0 Å². The molecule has 5 heteroatoms. The number of hydrogen-bond acceptors (Lipinski definition) is 3. The second kappa shape index (κ2) is 30.6. The van der Waals surface area contributed by atoms with Crippen molar-refractivity contribution in [3.05, 3.63) is 23.8 Å². The normalized spacial score (nSPS) is 10.9. The molecule has 32 heavy (non-hydrogen) atoms. The molecular formula is C27H53NO3Ti. The third-order valence-corrected chi connectivity index (χ3v) is 4.07. The number of rotatable bonds is 14. The fourth-order valence-electron chi connectivity index (χ4n) is 2.49. The molecule has 1 amide bonds. The number of unbranched alkanes of at least 4 members (excludes halogenated alkanes) is 7. The van der Waals surface area contributed by atoms with Gasteiger partial charge in [0.25, 0.3) is 0 Å². The third kappa shape index (κ3) is 36.9. The number of carbonyl (C=O) groups is 1. The Bertz CT molecular complexity index is 419. The van der Waals surface area contributed by atoms with Gasteiger partial charge in [-0.05, 0) is 41.5 Å². The molecule has 0 saturated carbocycles. The van der Waals surface area contributed by atoms with Crippen molar-refractivity contribution in [2.24, 2.45) is 0 Å². The molecule has 0 heterocycles. The van der Waals surface area contributed by atoms with Gasteiger partial charge in [0.1, 0.15) is 5.91 Å². The molecule has 0 aliphatic rings. The summed E-state index contributed by atoms with van der Waals surface area (Å²) in [6.07, 6.45) is 20.0. The molecule has 0 unspecified atom stereocenters. The van der Waals surface area contributed by atoms with E-state index in [9.17, 15) is 4.79 Å². The molecule has 0 aliphatic heterocycles. The number of nitrogens with zero attached hydrogens (tertiary/aromatic N) is 1. The molecule has 0 saturated heterocycles. The van der Waals surface area contributed by atoms with Crippen LogP contribution in [0.25, 0.3) is 0 Å². The van der Waals surface area contributed by atoms with Crippen molar-refractivity contribution in [3.8, 4) is 0 Å². The summed E-state index contributed by atoms with van der Waals surface area (Å²) in [6.45, 7) is 16.9. The van der Waals surface area contributed by atoms with Gasteiger partial charge in [-0.15, -0.1) is 12.8 Å². The molecule has 0 aromatic carbocycles. The number of amides is 1. The summed E-state index contributed by atoms with van der Waals surface area (Å²) < 4.78 is 0. The van der Waals surface area contributed by atoms with Crippen LogP contribution in [0.3, 0.4) is 0 Å². The number of likely N-dealkylation sites (N-methyl/N-ethyl adjacent to an activating group) is 1. The van der Waals surface area contributed by atoms with E-state index in [4.69, 9.17) is 10.2 Å². The number of aliphatic hydroxyl groups is 2. The van der Waals surface area contributed by atoms with Gasteiger partial charge in [0.15, 0.2) is 0 Å². The first-order chi connectivity index (χ1) is 14.7. The predicted octanol–water partition coefficient (Wildman–Crippen LogP) is 6.66. The van der Waals surface area contributed by atoms with Gasteiger partial charge in [0, 0.05) is 25.3 Å². The monoisotopic (exact) mass is 487 g/mol. The minimum Gasteiger partial charge on any atom is -0.394 e. The third-order valence-electron chi connectivity index (χ3n) is 4.07. The van der Waals surface area contributed by atoms with Crippen molar-refractivity contribution in [1.29, 1.82) is 0 Å². The van der Waals surface area contributed by atoms with E-state index in [1.54, 1.807) is 27.7 Å². The quantitative estimate of drug-likeness (QED) is 0.0947.